The van der Waals surface area contributed by atoms with Gasteiger partial charge in [0.15, 0.2) is 0 Å². The van der Waals surface area contributed by atoms with Gasteiger partial charge in [-0.3, -0.25) is 14.5 Å². The van der Waals surface area contributed by atoms with E-state index >= 15 is 0 Å². The number of amides is 2. The van der Waals surface area contributed by atoms with E-state index in [1.165, 1.54) is 0 Å². The van der Waals surface area contributed by atoms with Gasteiger partial charge < -0.3 is 20.5 Å². The highest BCUT2D eigenvalue weighted by Gasteiger charge is 2.44. The van der Waals surface area contributed by atoms with E-state index in [0.717, 1.165) is 40.7 Å². The van der Waals surface area contributed by atoms with Gasteiger partial charge in [0.25, 0.3) is 0 Å². The van der Waals surface area contributed by atoms with Crippen LogP contribution in [0.4, 0.5) is 4.79 Å². The number of carbonyl (C=O) groups is 3. The van der Waals surface area contributed by atoms with Crippen LogP contribution < -0.4 is 10.6 Å². The summed E-state index contributed by atoms with van der Waals surface area (Å²) in [5.41, 5.74) is 4.50. The predicted octanol–water partition coefficient (Wildman–Crippen LogP) is 5.18. The van der Waals surface area contributed by atoms with Gasteiger partial charge in [0.05, 0.1) is 5.41 Å². The molecular weight excluding hydrogens is 530 g/mol. The Kier molecular flexibility index (Phi) is 8.92. The van der Waals surface area contributed by atoms with Crippen molar-refractivity contribution in [2.24, 2.45) is 5.41 Å². The molecule has 8 heteroatoms. The summed E-state index contributed by atoms with van der Waals surface area (Å²) in [5, 5.41) is 15.7. The van der Waals surface area contributed by atoms with Crippen molar-refractivity contribution in [1.29, 1.82) is 0 Å². The Morgan fingerprint density at radius 3 is 2.21 bits per heavy atom. The molecule has 42 heavy (non-hydrogen) atoms. The first kappa shape index (κ1) is 29.3. The Labute approximate surface area is 247 Å². The number of likely N-dealkylation sites (N-methyl/N-ethyl adjacent to an activating group) is 1. The molecule has 3 N–H and O–H groups in total. The summed E-state index contributed by atoms with van der Waals surface area (Å²) in [6.45, 7) is 2.62. The first-order chi connectivity index (χ1) is 20.3. The van der Waals surface area contributed by atoms with Crippen LogP contribution in [0, 0.1) is 5.41 Å². The molecule has 2 aliphatic carbocycles. The van der Waals surface area contributed by atoms with Crippen LogP contribution in [0.3, 0.4) is 0 Å². The molecule has 3 aromatic rings. The van der Waals surface area contributed by atoms with Crippen molar-refractivity contribution in [2.45, 2.75) is 57.2 Å². The van der Waals surface area contributed by atoms with E-state index in [9.17, 15) is 19.5 Å². The number of nitrogens with zero attached hydrogens (tertiary/aromatic N) is 1. The number of alkyl carbamates (subject to hydrolysis) is 1. The zero-order valence-corrected chi connectivity index (χ0v) is 24.2. The molecule has 3 unspecified atom stereocenters. The molecule has 3 aromatic carbocycles. The second-order valence-electron chi connectivity index (χ2n) is 11.7. The predicted molar refractivity (Wildman–Crippen MR) is 161 cm³/mol. The van der Waals surface area contributed by atoms with Crippen LogP contribution in [0.5, 0.6) is 0 Å². The van der Waals surface area contributed by atoms with Gasteiger partial charge in [0, 0.05) is 25.0 Å². The minimum absolute atomic E-state index is 0.102. The van der Waals surface area contributed by atoms with Gasteiger partial charge in [-0.2, -0.15) is 0 Å². The number of benzene rings is 3. The number of carboxylic acid groups (broad SMARTS) is 1. The van der Waals surface area contributed by atoms with E-state index < -0.39 is 35.5 Å². The van der Waals surface area contributed by atoms with Gasteiger partial charge >= 0.3 is 12.1 Å². The first-order valence-electron chi connectivity index (χ1n) is 14.6. The molecule has 3 atom stereocenters. The van der Waals surface area contributed by atoms with E-state index in [4.69, 9.17) is 4.74 Å². The van der Waals surface area contributed by atoms with Crippen molar-refractivity contribution >= 4 is 18.0 Å². The molecule has 0 spiro atoms. The number of carboxylic acids is 1. The van der Waals surface area contributed by atoms with Gasteiger partial charge in [-0.1, -0.05) is 91.7 Å². The quantitative estimate of drug-likeness (QED) is 0.311. The summed E-state index contributed by atoms with van der Waals surface area (Å²) in [5.74, 6) is -1.44. The number of nitrogens with one attached hydrogen (secondary N) is 2. The molecule has 0 heterocycles. The monoisotopic (exact) mass is 569 g/mol. The highest BCUT2D eigenvalue weighted by molar-refractivity contribution is 5.87. The Bertz CT molecular complexity index is 1380. The molecule has 0 bridgehead atoms. The van der Waals surface area contributed by atoms with Crippen LogP contribution in [-0.2, 0) is 20.9 Å². The largest absolute Gasteiger partial charge is 0.481 e. The lowest BCUT2D eigenvalue weighted by atomic mass is 9.71. The number of rotatable bonds is 10. The fourth-order valence-electron chi connectivity index (χ4n) is 6.34. The van der Waals surface area contributed by atoms with Crippen molar-refractivity contribution in [3.05, 3.63) is 95.6 Å². The van der Waals surface area contributed by atoms with Crippen LogP contribution in [0.2, 0.25) is 0 Å². The fraction of sp³-hybridized carbons (Fsp3) is 0.382. The molecule has 0 saturated heterocycles. The van der Waals surface area contributed by atoms with E-state index in [0.29, 0.717) is 19.4 Å². The summed E-state index contributed by atoms with van der Waals surface area (Å²) in [7, 11) is 1.88. The molecule has 1 saturated carbocycles. The van der Waals surface area contributed by atoms with Crippen molar-refractivity contribution in [3.8, 4) is 11.1 Å². The number of fused-ring (bicyclic) bond motifs is 3. The third-order valence-electron chi connectivity index (χ3n) is 8.75. The fourth-order valence-corrected chi connectivity index (χ4v) is 6.34. The number of aliphatic carboxylic acids is 1. The van der Waals surface area contributed by atoms with Gasteiger partial charge in [-0.05, 0) is 54.6 Å². The maximum atomic E-state index is 13.6. The second-order valence-corrected chi connectivity index (χ2v) is 11.7. The van der Waals surface area contributed by atoms with Crippen LogP contribution in [0.25, 0.3) is 11.1 Å². The number of hydrogen-bond acceptors (Lipinski definition) is 5. The normalized spacial score (nSPS) is 20.3. The molecule has 0 radical (unpaired) electrons. The summed E-state index contributed by atoms with van der Waals surface area (Å²) in [6, 6.07) is 24.6. The van der Waals surface area contributed by atoms with Gasteiger partial charge in [0.2, 0.25) is 5.91 Å². The SMILES string of the molecule is CN(Cc1ccccc1)CC(NC(=O)OCC1c2ccccc2-c2ccccc21)C(=O)NC1CCCCC1(C)C(=O)O. The standard InChI is InChI=1S/C34H39N3O5/c1-34(32(39)40)19-11-10-18-30(34)36-31(38)29(21-37(2)20-23-12-4-3-5-13-23)35-33(41)42-22-28-26-16-8-6-14-24(26)25-15-7-9-17-27(25)28/h3-9,12-17,28-30H,10-11,18-22H2,1-2H3,(H,35,41)(H,36,38)(H,39,40). The average Bonchev–Trinajstić information content (AvgIpc) is 3.31. The number of hydrogen-bond donors (Lipinski definition) is 3. The summed E-state index contributed by atoms with van der Waals surface area (Å²) in [6.07, 6.45) is 2.02. The highest BCUT2D eigenvalue weighted by atomic mass is 16.5. The van der Waals surface area contributed by atoms with E-state index in [1.54, 1.807) is 6.92 Å². The molecule has 0 aliphatic heterocycles. The lowest BCUT2D eigenvalue weighted by Gasteiger charge is -2.39. The first-order valence-corrected chi connectivity index (χ1v) is 14.6. The van der Waals surface area contributed by atoms with Crippen LogP contribution >= 0.6 is 0 Å². The summed E-state index contributed by atoms with van der Waals surface area (Å²) >= 11 is 0. The summed E-state index contributed by atoms with van der Waals surface area (Å²) < 4.78 is 5.75. The van der Waals surface area contributed by atoms with Crippen LogP contribution in [0.15, 0.2) is 78.9 Å². The maximum Gasteiger partial charge on any atom is 0.407 e. The second kappa shape index (κ2) is 12.8. The van der Waals surface area contributed by atoms with Crippen molar-refractivity contribution in [1.82, 2.24) is 15.5 Å². The zero-order chi connectivity index (χ0) is 29.7. The molecule has 2 aliphatic rings. The molecular formula is C34H39N3O5. The topological polar surface area (TPSA) is 108 Å². The Balaban J connectivity index is 1.29. The highest BCUT2D eigenvalue weighted by Crippen LogP contribution is 2.44. The molecule has 0 aromatic heterocycles. The van der Waals surface area contributed by atoms with E-state index in [1.807, 2.05) is 66.5 Å². The van der Waals surface area contributed by atoms with Crippen molar-refractivity contribution in [2.75, 3.05) is 20.2 Å². The molecule has 1 fully saturated rings. The third kappa shape index (κ3) is 6.34. The lowest BCUT2D eigenvalue weighted by molar-refractivity contribution is -0.152. The van der Waals surface area contributed by atoms with Gasteiger partial charge in [-0.25, -0.2) is 4.79 Å². The van der Waals surface area contributed by atoms with Crippen molar-refractivity contribution in [3.63, 3.8) is 0 Å². The lowest BCUT2D eigenvalue weighted by Crippen LogP contribution is -2.58. The Morgan fingerprint density at radius 1 is 0.952 bits per heavy atom. The van der Waals surface area contributed by atoms with Crippen LogP contribution in [-0.4, -0.2) is 60.3 Å². The molecule has 220 valence electrons. The number of ether oxygens (including phenoxy) is 1. The Hall–Kier alpha value is -4.17. The van der Waals surface area contributed by atoms with Crippen LogP contribution in [0.1, 0.15) is 55.2 Å². The van der Waals surface area contributed by atoms with E-state index in [2.05, 4.69) is 34.9 Å². The minimum Gasteiger partial charge on any atom is -0.481 e. The zero-order valence-electron chi connectivity index (χ0n) is 24.2. The van der Waals surface area contributed by atoms with E-state index in [-0.39, 0.29) is 19.1 Å². The smallest absolute Gasteiger partial charge is 0.407 e. The molecule has 5 rings (SSSR count). The Morgan fingerprint density at radius 2 is 1.57 bits per heavy atom. The molecule has 2 amide bonds. The minimum atomic E-state index is -1.06. The third-order valence-corrected chi connectivity index (χ3v) is 8.75. The van der Waals surface area contributed by atoms with Gasteiger partial charge in [-0.15, -0.1) is 0 Å². The maximum absolute atomic E-state index is 13.6. The average molecular weight is 570 g/mol. The van der Waals surface area contributed by atoms with Gasteiger partial charge in [0.1, 0.15) is 12.6 Å². The summed E-state index contributed by atoms with van der Waals surface area (Å²) in [4.78, 5) is 40.9. The van der Waals surface area contributed by atoms with Crippen molar-refractivity contribution < 1.29 is 24.2 Å². The molecule has 8 nitrogen and oxygen atoms in total. The number of carbonyl (C=O) groups excluding carboxylic acids is 2.